The lowest BCUT2D eigenvalue weighted by atomic mass is 10.1. The maximum atomic E-state index is 13.0. The zero-order chi connectivity index (χ0) is 8.97. The van der Waals surface area contributed by atoms with Gasteiger partial charge in [0, 0.05) is 17.8 Å². The zero-order valence-electron chi connectivity index (χ0n) is 7.53. The van der Waals surface area contributed by atoms with Crippen molar-refractivity contribution in [2.45, 2.75) is 25.8 Å². The number of hydrogen-bond acceptors (Lipinski definition) is 2. The van der Waals surface area contributed by atoms with Gasteiger partial charge in [-0.25, -0.2) is 4.98 Å². The fourth-order valence-corrected chi connectivity index (χ4v) is 1.14. The van der Waals surface area contributed by atoms with Crippen LogP contribution >= 0.6 is 12.4 Å². The molecule has 2 nitrogen and oxygen atoms in total. The molecule has 0 bridgehead atoms. The highest BCUT2D eigenvalue weighted by Crippen LogP contribution is 2.16. The SMILES string of the molecule is CCC[C@@H](N)c1cccnc1F.Cl. The molecule has 1 atom stereocenters. The molecule has 4 heteroatoms. The smallest absolute Gasteiger partial charge is 0.217 e. The molecular weight excluding hydrogens is 191 g/mol. The Labute approximate surface area is 83.8 Å². The normalized spacial score (nSPS) is 11.9. The molecule has 13 heavy (non-hydrogen) atoms. The van der Waals surface area contributed by atoms with E-state index in [4.69, 9.17) is 5.73 Å². The highest BCUT2D eigenvalue weighted by Gasteiger charge is 2.09. The van der Waals surface area contributed by atoms with Crippen LogP contribution in [0.15, 0.2) is 18.3 Å². The summed E-state index contributed by atoms with van der Waals surface area (Å²) in [7, 11) is 0. The second kappa shape index (κ2) is 5.89. The first-order valence-electron chi connectivity index (χ1n) is 4.11. The van der Waals surface area contributed by atoms with Gasteiger partial charge in [0.25, 0.3) is 0 Å². The summed E-state index contributed by atoms with van der Waals surface area (Å²) in [4.78, 5) is 3.54. The highest BCUT2D eigenvalue weighted by atomic mass is 35.5. The average molecular weight is 205 g/mol. The largest absolute Gasteiger partial charge is 0.324 e. The van der Waals surface area contributed by atoms with E-state index in [-0.39, 0.29) is 18.4 Å². The van der Waals surface area contributed by atoms with Gasteiger partial charge in [0.2, 0.25) is 5.95 Å². The van der Waals surface area contributed by atoms with E-state index < -0.39 is 5.95 Å². The van der Waals surface area contributed by atoms with E-state index in [1.165, 1.54) is 6.20 Å². The molecule has 0 aliphatic heterocycles. The van der Waals surface area contributed by atoms with Crippen molar-refractivity contribution in [2.75, 3.05) is 0 Å². The van der Waals surface area contributed by atoms with Gasteiger partial charge in [0.1, 0.15) is 0 Å². The molecule has 0 aromatic carbocycles. The van der Waals surface area contributed by atoms with E-state index in [0.29, 0.717) is 5.56 Å². The maximum Gasteiger partial charge on any atom is 0.217 e. The minimum Gasteiger partial charge on any atom is -0.324 e. The minimum absolute atomic E-state index is 0. The Bertz CT molecular complexity index is 255. The van der Waals surface area contributed by atoms with Gasteiger partial charge in [-0.05, 0) is 12.5 Å². The molecule has 1 aromatic rings. The second-order valence-corrected chi connectivity index (χ2v) is 2.78. The molecule has 0 spiro atoms. The molecule has 0 saturated carbocycles. The van der Waals surface area contributed by atoms with Crippen molar-refractivity contribution in [1.29, 1.82) is 0 Å². The van der Waals surface area contributed by atoms with Gasteiger partial charge in [-0.15, -0.1) is 12.4 Å². The van der Waals surface area contributed by atoms with Crippen molar-refractivity contribution < 1.29 is 4.39 Å². The summed E-state index contributed by atoms with van der Waals surface area (Å²) in [6.07, 6.45) is 3.18. The molecule has 74 valence electrons. The summed E-state index contributed by atoms with van der Waals surface area (Å²) in [6, 6.07) is 3.17. The molecule has 0 unspecified atom stereocenters. The van der Waals surface area contributed by atoms with Crippen LogP contribution < -0.4 is 5.73 Å². The van der Waals surface area contributed by atoms with Crippen molar-refractivity contribution in [3.8, 4) is 0 Å². The van der Waals surface area contributed by atoms with E-state index in [9.17, 15) is 4.39 Å². The Hall–Kier alpha value is -0.670. The first-order chi connectivity index (χ1) is 5.75. The minimum atomic E-state index is -0.446. The van der Waals surface area contributed by atoms with Gasteiger partial charge in [-0.2, -0.15) is 4.39 Å². The van der Waals surface area contributed by atoms with Crippen LogP contribution in [0.25, 0.3) is 0 Å². The third-order valence-corrected chi connectivity index (χ3v) is 1.79. The number of pyridine rings is 1. The van der Waals surface area contributed by atoms with E-state index in [0.717, 1.165) is 12.8 Å². The van der Waals surface area contributed by atoms with E-state index >= 15 is 0 Å². The third kappa shape index (κ3) is 3.28. The summed E-state index contributed by atoms with van der Waals surface area (Å²) < 4.78 is 13.0. The number of halogens is 2. The van der Waals surface area contributed by atoms with E-state index in [1.807, 2.05) is 6.92 Å². The third-order valence-electron chi connectivity index (χ3n) is 1.79. The Morgan fingerprint density at radius 3 is 2.85 bits per heavy atom. The molecule has 0 aliphatic carbocycles. The van der Waals surface area contributed by atoms with Crippen molar-refractivity contribution >= 4 is 12.4 Å². The average Bonchev–Trinajstić information content (AvgIpc) is 2.05. The summed E-state index contributed by atoms with van der Waals surface area (Å²) in [5.74, 6) is -0.446. The number of rotatable bonds is 3. The zero-order valence-corrected chi connectivity index (χ0v) is 8.35. The number of nitrogens with two attached hydrogens (primary N) is 1. The Morgan fingerprint density at radius 1 is 1.62 bits per heavy atom. The van der Waals surface area contributed by atoms with Crippen LogP contribution in [0.3, 0.4) is 0 Å². The summed E-state index contributed by atoms with van der Waals surface area (Å²) in [5.41, 5.74) is 6.24. The Balaban J connectivity index is 0.00000144. The van der Waals surface area contributed by atoms with Crippen molar-refractivity contribution in [3.05, 3.63) is 29.8 Å². The molecule has 0 saturated heterocycles. The fraction of sp³-hybridized carbons (Fsp3) is 0.444. The van der Waals surface area contributed by atoms with Gasteiger partial charge < -0.3 is 5.73 Å². The quantitative estimate of drug-likeness (QED) is 0.769. The van der Waals surface area contributed by atoms with Gasteiger partial charge in [-0.3, -0.25) is 0 Å². The Morgan fingerprint density at radius 2 is 2.31 bits per heavy atom. The monoisotopic (exact) mass is 204 g/mol. The van der Waals surface area contributed by atoms with Crippen LogP contribution in [0.2, 0.25) is 0 Å². The lowest BCUT2D eigenvalue weighted by Gasteiger charge is -2.09. The highest BCUT2D eigenvalue weighted by molar-refractivity contribution is 5.85. The van der Waals surface area contributed by atoms with Crippen LogP contribution in [0.4, 0.5) is 4.39 Å². The molecule has 1 heterocycles. The molecule has 1 aromatic heterocycles. The molecule has 0 amide bonds. The van der Waals surface area contributed by atoms with Crippen LogP contribution in [-0.2, 0) is 0 Å². The molecule has 0 radical (unpaired) electrons. The summed E-state index contributed by atoms with van der Waals surface area (Å²) >= 11 is 0. The van der Waals surface area contributed by atoms with Crippen LogP contribution in [0.5, 0.6) is 0 Å². The molecular formula is C9H14ClFN2. The van der Waals surface area contributed by atoms with E-state index in [2.05, 4.69) is 4.98 Å². The van der Waals surface area contributed by atoms with Crippen LogP contribution in [0, 0.1) is 5.95 Å². The molecule has 1 rings (SSSR count). The molecule has 0 fully saturated rings. The molecule has 2 N–H and O–H groups in total. The first kappa shape index (κ1) is 12.3. The first-order valence-corrected chi connectivity index (χ1v) is 4.11. The van der Waals surface area contributed by atoms with Crippen LogP contribution in [-0.4, -0.2) is 4.98 Å². The maximum absolute atomic E-state index is 13.0. The van der Waals surface area contributed by atoms with Crippen molar-refractivity contribution in [1.82, 2.24) is 4.98 Å². The van der Waals surface area contributed by atoms with Gasteiger partial charge in [0.15, 0.2) is 0 Å². The number of hydrogen-bond donors (Lipinski definition) is 1. The Kier molecular flexibility index (Phi) is 5.58. The van der Waals surface area contributed by atoms with Gasteiger partial charge in [0.05, 0.1) is 0 Å². The predicted octanol–water partition coefficient (Wildman–Crippen LogP) is 2.44. The number of nitrogens with zero attached hydrogens (tertiary/aromatic N) is 1. The summed E-state index contributed by atoms with van der Waals surface area (Å²) in [6.45, 7) is 2.02. The van der Waals surface area contributed by atoms with Crippen molar-refractivity contribution in [3.63, 3.8) is 0 Å². The van der Waals surface area contributed by atoms with Gasteiger partial charge >= 0.3 is 0 Å². The topological polar surface area (TPSA) is 38.9 Å². The lowest BCUT2D eigenvalue weighted by Crippen LogP contribution is -2.12. The fourth-order valence-electron chi connectivity index (χ4n) is 1.14. The number of aromatic nitrogens is 1. The molecule has 0 aliphatic rings. The second-order valence-electron chi connectivity index (χ2n) is 2.78. The van der Waals surface area contributed by atoms with Crippen molar-refractivity contribution in [2.24, 2.45) is 5.73 Å². The summed E-state index contributed by atoms with van der Waals surface area (Å²) in [5, 5.41) is 0. The lowest BCUT2D eigenvalue weighted by molar-refractivity contribution is 0.530. The van der Waals surface area contributed by atoms with Gasteiger partial charge in [-0.1, -0.05) is 19.4 Å². The van der Waals surface area contributed by atoms with Crippen LogP contribution in [0.1, 0.15) is 31.4 Å². The standard InChI is InChI=1S/C9H13FN2.ClH/c1-2-4-8(11)7-5-3-6-12-9(7)10;/h3,5-6,8H,2,4,11H2,1H3;1H/t8-;/m1./s1. The predicted molar refractivity (Wildman–Crippen MR) is 53.3 cm³/mol. The van der Waals surface area contributed by atoms with E-state index in [1.54, 1.807) is 12.1 Å².